The first-order valence-corrected chi connectivity index (χ1v) is 4.73. The van der Waals surface area contributed by atoms with E-state index in [0.717, 1.165) is 10.1 Å². The van der Waals surface area contributed by atoms with Gasteiger partial charge in [0, 0.05) is 7.05 Å². The fourth-order valence-electron chi connectivity index (χ4n) is 0.755. The summed E-state index contributed by atoms with van der Waals surface area (Å²) in [5, 5.41) is 12.6. The predicted octanol–water partition coefficient (Wildman–Crippen LogP) is 1.24. The lowest BCUT2D eigenvalue weighted by atomic mass is 10.1. The third-order valence-corrected chi connectivity index (χ3v) is 2.70. The summed E-state index contributed by atoms with van der Waals surface area (Å²) in [6.07, 6.45) is 0. The molecule has 0 spiro atoms. The van der Waals surface area contributed by atoms with Crippen molar-refractivity contribution < 1.29 is 0 Å². The Balaban J connectivity index is 2.74. The number of hydrogen-bond donors (Lipinski definition) is 2. The van der Waals surface area contributed by atoms with E-state index < -0.39 is 0 Å². The molecule has 0 aliphatic heterocycles. The summed E-state index contributed by atoms with van der Waals surface area (Å²) in [6.45, 7) is 4.15. The molecule has 1 atom stereocenters. The van der Waals surface area contributed by atoms with Gasteiger partial charge in [-0.1, -0.05) is 25.2 Å². The summed E-state index contributed by atoms with van der Waals surface area (Å²) < 4.78 is 0. The summed E-state index contributed by atoms with van der Waals surface area (Å²) in [5.74, 6) is 0.405. The minimum atomic E-state index is 0.00426. The second-order valence-corrected chi connectivity index (χ2v) is 3.97. The molecular weight excluding hydrogens is 172 g/mol. The lowest BCUT2D eigenvalue weighted by Crippen LogP contribution is -2.16. The Morgan fingerprint density at radius 2 is 2.08 bits per heavy atom. The minimum absolute atomic E-state index is 0.00426. The second kappa shape index (κ2) is 3.82. The Labute approximate surface area is 76.2 Å². The number of nitrogens with two attached hydrogens (primary N) is 1. The Hall–Kier alpha value is -0.680. The fourth-order valence-corrected chi connectivity index (χ4v) is 1.63. The molecule has 0 aromatic carbocycles. The maximum atomic E-state index is 5.89. The molecule has 0 aliphatic rings. The molecule has 0 radical (unpaired) electrons. The molecule has 1 unspecified atom stereocenters. The molecule has 3 N–H and O–H groups in total. The smallest absolute Gasteiger partial charge is 0.205 e. The molecule has 5 heteroatoms. The van der Waals surface area contributed by atoms with Crippen LogP contribution in [0.3, 0.4) is 0 Å². The maximum Gasteiger partial charge on any atom is 0.205 e. The minimum Gasteiger partial charge on any atom is -0.363 e. The van der Waals surface area contributed by atoms with Gasteiger partial charge in [0.25, 0.3) is 0 Å². The Morgan fingerprint density at radius 3 is 2.50 bits per heavy atom. The SMILES string of the molecule is CNc1nnc(C(N)C(C)C)s1. The van der Waals surface area contributed by atoms with Crippen LogP contribution in [0.1, 0.15) is 24.9 Å². The van der Waals surface area contributed by atoms with Crippen molar-refractivity contribution in [2.45, 2.75) is 19.9 Å². The molecule has 1 heterocycles. The summed E-state index contributed by atoms with van der Waals surface area (Å²) in [6, 6.07) is 0.00426. The topological polar surface area (TPSA) is 63.8 Å². The van der Waals surface area contributed by atoms with Gasteiger partial charge in [-0.15, -0.1) is 10.2 Å². The van der Waals surface area contributed by atoms with Gasteiger partial charge in [-0.2, -0.15) is 0 Å². The molecule has 0 fully saturated rings. The molecule has 0 saturated heterocycles. The van der Waals surface area contributed by atoms with Crippen LogP contribution in [0.15, 0.2) is 0 Å². The van der Waals surface area contributed by atoms with E-state index in [9.17, 15) is 0 Å². The van der Waals surface area contributed by atoms with Gasteiger partial charge >= 0.3 is 0 Å². The van der Waals surface area contributed by atoms with Gasteiger partial charge in [-0.05, 0) is 5.92 Å². The average molecular weight is 186 g/mol. The van der Waals surface area contributed by atoms with Crippen molar-refractivity contribution in [2.24, 2.45) is 11.7 Å². The van der Waals surface area contributed by atoms with Gasteiger partial charge in [0.1, 0.15) is 5.01 Å². The lowest BCUT2D eigenvalue weighted by molar-refractivity contribution is 0.509. The quantitative estimate of drug-likeness (QED) is 0.745. The Bertz CT molecular complexity index is 245. The lowest BCUT2D eigenvalue weighted by Gasteiger charge is -2.10. The van der Waals surface area contributed by atoms with Gasteiger partial charge in [-0.25, -0.2) is 0 Å². The van der Waals surface area contributed by atoms with Crippen molar-refractivity contribution in [2.75, 3.05) is 12.4 Å². The van der Waals surface area contributed by atoms with E-state index in [1.165, 1.54) is 11.3 Å². The van der Waals surface area contributed by atoms with Gasteiger partial charge in [0.15, 0.2) is 0 Å². The van der Waals surface area contributed by atoms with Crippen molar-refractivity contribution >= 4 is 16.5 Å². The number of nitrogens with zero attached hydrogens (tertiary/aromatic N) is 2. The molecule has 1 aromatic heterocycles. The Morgan fingerprint density at radius 1 is 1.42 bits per heavy atom. The Kier molecular flexibility index (Phi) is 2.99. The van der Waals surface area contributed by atoms with Crippen LogP contribution in [0, 0.1) is 5.92 Å². The van der Waals surface area contributed by atoms with E-state index in [-0.39, 0.29) is 6.04 Å². The first-order chi connectivity index (χ1) is 5.65. The molecule has 0 bridgehead atoms. The monoisotopic (exact) mass is 186 g/mol. The van der Waals surface area contributed by atoms with Gasteiger partial charge in [0.05, 0.1) is 6.04 Å². The highest BCUT2D eigenvalue weighted by Crippen LogP contribution is 2.24. The van der Waals surface area contributed by atoms with Crippen molar-refractivity contribution in [3.8, 4) is 0 Å². The van der Waals surface area contributed by atoms with Gasteiger partial charge < -0.3 is 11.1 Å². The van der Waals surface area contributed by atoms with Crippen LogP contribution in [-0.4, -0.2) is 17.2 Å². The highest BCUT2D eigenvalue weighted by Gasteiger charge is 2.14. The van der Waals surface area contributed by atoms with E-state index in [1.54, 1.807) is 0 Å². The molecule has 1 rings (SSSR count). The highest BCUT2D eigenvalue weighted by molar-refractivity contribution is 7.15. The molecular formula is C7H14N4S. The maximum absolute atomic E-state index is 5.89. The number of nitrogens with one attached hydrogen (secondary N) is 1. The van der Waals surface area contributed by atoms with E-state index in [0.29, 0.717) is 5.92 Å². The molecule has 68 valence electrons. The van der Waals surface area contributed by atoms with Gasteiger partial charge in [0.2, 0.25) is 5.13 Å². The summed E-state index contributed by atoms with van der Waals surface area (Å²) in [4.78, 5) is 0. The van der Waals surface area contributed by atoms with Crippen molar-refractivity contribution in [3.05, 3.63) is 5.01 Å². The zero-order valence-corrected chi connectivity index (χ0v) is 8.35. The van der Waals surface area contributed by atoms with Crippen LogP contribution in [0.2, 0.25) is 0 Å². The normalized spacial score (nSPS) is 13.4. The first kappa shape index (κ1) is 9.41. The number of aromatic nitrogens is 2. The van der Waals surface area contributed by atoms with Crippen LogP contribution >= 0.6 is 11.3 Å². The van der Waals surface area contributed by atoms with E-state index >= 15 is 0 Å². The van der Waals surface area contributed by atoms with Crippen LogP contribution < -0.4 is 11.1 Å². The van der Waals surface area contributed by atoms with Crippen molar-refractivity contribution in [1.82, 2.24) is 10.2 Å². The van der Waals surface area contributed by atoms with E-state index in [4.69, 9.17) is 5.73 Å². The zero-order valence-electron chi connectivity index (χ0n) is 7.53. The third kappa shape index (κ3) is 1.92. The molecule has 0 aliphatic carbocycles. The number of hydrogen-bond acceptors (Lipinski definition) is 5. The number of rotatable bonds is 3. The second-order valence-electron chi connectivity index (χ2n) is 2.97. The third-order valence-electron chi connectivity index (χ3n) is 1.66. The molecule has 4 nitrogen and oxygen atoms in total. The molecule has 1 aromatic rings. The zero-order chi connectivity index (χ0) is 9.14. The summed E-state index contributed by atoms with van der Waals surface area (Å²) in [5.41, 5.74) is 5.89. The predicted molar refractivity (Wildman–Crippen MR) is 51.2 cm³/mol. The fraction of sp³-hybridized carbons (Fsp3) is 0.714. The van der Waals surface area contributed by atoms with Crippen LogP contribution in [-0.2, 0) is 0 Å². The standard InChI is InChI=1S/C7H14N4S/c1-4(2)5(8)6-10-11-7(9-3)12-6/h4-5H,8H2,1-3H3,(H,9,11). The van der Waals surface area contributed by atoms with Crippen LogP contribution in [0.25, 0.3) is 0 Å². The van der Waals surface area contributed by atoms with Gasteiger partial charge in [-0.3, -0.25) is 0 Å². The largest absolute Gasteiger partial charge is 0.363 e. The highest BCUT2D eigenvalue weighted by atomic mass is 32.1. The van der Waals surface area contributed by atoms with Crippen molar-refractivity contribution in [1.29, 1.82) is 0 Å². The van der Waals surface area contributed by atoms with Crippen molar-refractivity contribution in [3.63, 3.8) is 0 Å². The average Bonchev–Trinajstić information content (AvgIpc) is 2.50. The molecule has 0 amide bonds. The molecule has 12 heavy (non-hydrogen) atoms. The van der Waals surface area contributed by atoms with E-state index in [2.05, 4.69) is 29.4 Å². The summed E-state index contributed by atoms with van der Waals surface area (Å²) in [7, 11) is 1.82. The number of anilines is 1. The molecule has 0 saturated carbocycles. The summed E-state index contributed by atoms with van der Waals surface area (Å²) >= 11 is 1.51. The first-order valence-electron chi connectivity index (χ1n) is 3.92. The van der Waals surface area contributed by atoms with Crippen LogP contribution in [0.5, 0.6) is 0 Å². The van der Waals surface area contributed by atoms with Crippen LogP contribution in [0.4, 0.5) is 5.13 Å². The van der Waals surface area contributed by atoms with E-state index in [1.807, 2.05) is 7.05 Å².